The van der Waals surface area contributed by atoms with E-state index in [4.69, 9.17) is 12.2 Å². The normalized spacial score (nSPS) is 10.5. The van der Waals surface area contributed by atoms with Crippen LogP contribution in [0.15, 0.2) is 28.9 Å². The number of benzene rings is 1. The van der Waals surface area contributed by atoms with E-state index in [9.17, 15) is 0 Å². The van der Waals surface area contributed by atoms with E-state index in [0.717, 1.165) is 15.9 Å². The average molecular weight is 367 g/mol. The molecule has 112 valence electrons. The molecular weight excluding hydrogens is 348 g/mol. The van der Waals surface area contributed by atoms with Crippen molar-refractivity contribution in [1.82, 2.24) is 14.7 Å². The molecule has 1 heterocycles. The van der Waals surface area contributed by atoms with Crippen LogP contribution in [0.2, 0.25) is 0 Å². The predicted molar refractivity (Wildman–Crippen MR) is 94.5 cm³/mol. The molecule has 0 unspecified atom stereocenters. The third kappa shape index (κ3) is 3.63. The highest BCUT2D eigenvalue weighted by Crippen LogP contribution is 2.20. The van der Waals surface area contributed by atoms with Crippen molar-refractivity contribution in [2.75, 3.05) is 12.4 Å². The largest absolute Gasteiger partial charge is 0.346 e. The van der Waals surface area contributed by atoms with E-state index in [2.05, 4.69) is 46.3 Å². The van der Waals surface area contributed by atoms with E-state index >= 15 is 0 Å². The van der Waals surface area contributed by atoms with Gasteiger partial charge in [-0.15, -0.1) is 0 Å². The molecule has 0 aliphatic carbocycles. The molecular formula is C15H19BrN4S. The fourth-order valence-electron chi connectivity index (χ4n) is 2.01. The summed E-state index contributed by atoms with van der Waals surface area (Å²) in [7, 11) is 3.90. The zero-order valence-electron chi connectivity index (χ0n) is 12.6. The number of aryl methyl sites for hydroxylation is 2. The molecule has 6 heteroatoms. The molecule has 21 heavy (non-hydrogen) atoms. The highest BCUT2D eigenvalue weighted by molar-refractivity contribution is 9.10. The van der Waals surface area contributed by atoms with E-state index in [1.807, 2.05) is 35.8 Å². The molecule has 0 aliphatic rings. The Kier molecular flexibility index (Phi) is 5.00. The molecule has 1 aromatic carbocycles. The smallest absolute Gasteiger partial charge is 0.173 e. The molecule has 0 saturated carbocycles. The number of halogens is 1. The van der Waals surface area contributed by atoms with Crippen LogP contribution in [0.3, 0.4) is 0 Å². The van der Waals surface area contributed by atoms with Gasteiger partial charge in [-0.2, -0.15) is 5.10 Å². The first kappa shape index (κ1) is 16.0. The van der Waals surface area contributed by atoms with Gasteiger partial charge in [0.15, 0.2) is 5.11 Å². The second-order valence-electron chi connectivity index (χ2n) is 5.10. The summed E-state index contributed by atoms with van der Waals surface area (Å²) < 4.78 is 2.84. The zero-order valence-corrected chi connectivity index (χ0v) is 15.0. The lowest BCUT2D eigenvalue weighted by Gasteiger charge is -2.22. The van der Waals surface area contributed by atoms with Crippen molar-refractivity contribution in [2.24, 2.45) is 7.05 Å². The first-order valence-corrected chi connectivity index (χ1v) is 7.85. The maximum atomic E-state index is 5.49. The van der Waals surface area contributed by atoms with Crippen LogP contribution in [-0.2, 0) is 13.6 Å². The van der Waals surface area contributed by atoms with Crippen LogP contribution in [0.5, 0.6) is 0 Å². The van der Waals surface area contributed by atoms with Crippen molar-refractivity contribution < 1.29 is 0 Å². The Morgan fingerprint density at radius 3 is 2.76 bits per heavy atom. The number of nitrogens with one attached hydrogen (secondary N) is 1. The zero-order chi connectivity index (χ0) is 15.6. The Labute approximate surface area is 139 Å². The molecule has 0 bridgehead atoms. The lowest BCUT2D eigenvalue weighted by Crippen LogP contribution is -2.31. The number of rotatable bonds is 3. The van der Waals surface area contributed by atoms with E-state index in [1.165, 1.54) is 11.1 Å². The Hall–Kier alpha value is -1.40. The van der Waals surface area contributed by atoms with Gasteiger partial charge in [-0.1, -0.05) is 12.1 Å². The number of aromatic nitrogens is 2. The van der Waals surface area contributed by atoms with Crippen molar-refractivity contribution in [3.05, 3.63) is 45.7 Å². The maximum absolute atomic E-state index is 5.49. The lowest BCUT2D eigenvalue weighted by molar-refractivity contribution is 0.481. The summed E-state index contributed by atoms with van der Waals surface area (Å²) in [6, 6.07) is 6.17. The summed E-state index contributed by atoms with van der Waals surface area (Å²) in [6.45, 7) is 4.88. The topological polar surface area (TPSA) is 33.1 Å². The van der Waals surface area contributed by atoms with E-state index in [0.29, 0.717) is 11.7 Å². The molecule has 0 fully saturated rings. The van der Waals surface area contributed by atoms with Gasteiger partial charge in [0, 0.05) is 19.8 Å². The quantitative estimate of drug-likeness (QED) is 0.840. The van der Waals surface area contributed by atoms with Crippen LogP contribution in [-0.4, -0.2) is 26.8 Å². The Morgan fingerprint density at radius 2 is 2.14 bits per heavy atom. The molecule has 1 N–H and O–H groups in total. The second-order valence-corrected chi connectivity index (χ2v) is 6.34. The molecule has 2 aromatic rings. The number of hydrogen-bond donors (Lipinski definition) is 1. The lowest BCUT2D eigenvalue weighted by atomic mass is 10.1. The van der Waals surface area contributed by atoms with Gasteiger partial charge in [-0.25, -0.2) is 0 Å². The maximum Gasteiger partial charge on any atom is 0.173 e. The Balaban J connectivity index is 2.08. The molecule has 0 aliphatic heterocycles. The van der Waals surface area contributed by atoms with Crippen molar-refractivity contribution in [3.63, 3.8) is 0 Å². The molecule has 0 atom stereocenters. The summed E-state index contributed by atoms with van der Waals surface area (Å²) in [6.07, 6.45) is 1.80. The van der Waals surface area contributed by atoms with Crippen LogP contribution in [0.4, 0.5) is 5.69 Å². The number of thiocarbonyl (C=S) groups is 1. The SMILES string of the molecule is Cc1cccc(NC(=S)N(C)Cc2c(Br)cnn2C)c1C. The van der Waals surface area contributed by atoms with Gasteiger partial charge in [0.1, 0.15) is 0 Å². The van der Waals surface area contributed by atoms with Crippen LogP contribution in [0, 0.1) is 13.8 Å². The monoisotopic (exact) mass is 366 g/mol. The first-order valence-electron chi connectivity index (χ1n) is 6.65. The van der Waals surface area contributed by atoms with Gasteiger partial charge in [-0.3, -0.25) is 4.68 Å². The van der Waals surface area contributed by atoms with Crippen LogP contribution >= 0.6 is 28.1 Å². The van der Waals surface area contributed by atoms with Gasteiger partial charge in [0.2, 0.25) is 0 Å². The molecule has 0 radical (unpaired) electrons. The van der Waals surface area contributed by atoms with Gasteiger partial charge in [0.05, 0.1) is 22.9 Å². The summed E-state index contributed by atoms with van der Waals surface area (Å²) >= 11 is 9.00. The van der Waals surface area contributed by atoms with Crippen molar-refractivity contribution >= 4 is 38.9 Å². The predicted octanol–water partition coefficient (Wildman–Crippen LogP) is 3.63. The van der Waals surface area contributed by atoms with Crippen LogP contribution in [0.1, 0.15) is 16.8 Å². The third-order valence-electron chi connectivity index (χ3n) is 3.59. The van der Waals surface area contributed by atoms with Gasteiger partial charge >= 0.3 is 0 Å². The fraction of sp³-hybridized carbons (Fsp3) is 0.333. The van der Waals surface area contributed by atoms with E-state index in [1.54, 1.807) is 6.20 Å². The summed E-state index contributed by atoms with van der Waals surface area (Å²) in [5.74, 6) is 0. The first-order chi connectivity index (χ1) is 9.90. The van der Waals surface area contributed by atoms with Gasteiger partial charge in [0.25, 0.3) is 0 Å². The highest BCUT2D eigenvalue weighted by atomic mass is 79.9. The highest BCUT2D eigenvalue weighted by Gasteiger charge is 2.12. The Morgan fingerprint density at radius 1 is 1.43 bits per heavy atom. The minimum atomic E-state index is 0.688. The minimum absolute atomic E-state index is 0.688. The van der Waals surface area contributed by atoms with Crippen molar-refractivity contribution in [2.45, 2.75) is 20.4 Å². The van der Waals surface area contributed by atoms with Crippen molar-refractivity contribution in [1.29, 1.82) is 0 Å². The third-order valence-corrected chi connectivity index (χ3v) is 4.67. The standard InChI is InChI=1S/C15H19BrN4S/c1-10-6-5-7-13(11(10)2)18-15(21)19(3)9-14-12(16)8-17-20(14)4/h5-8H,9H2,1-4H3,(H,18,21). The molecule has 2 rings (SSSR count). The van der Waals surface area contributed by atoms with Crippen LogP contribution in [0.25, 0.3) is 0 Å². The van der Waals surface area contributed by atoms with Crippen LogP contribution < -0.4 is 5.32 Å². The van der Waals surface area contributed by atoms with Gasteiger partial charge < -0.3 is 10.2 Å². The Bertz CT molecular complexity index is 646. The average Bonchev–Trinajstić information content (AvgIpc) is 2.75. The molecule has 1 aromatic heterocycles. The minimum Gasteiger partial charge on any atom is -0.346 e. The molecule has 0 amide bonds. The molecule has 0 spiro atoms. The molecule has 0 saturated heterocycles. The number of nitrogens with zero attached hydrogens (tertiary/aromatic N) is 3. The number of hydrogen-bond acceptors (Lipinski definition) is 2. The summed E-state index contributed by atoms with van der Waals surface area (Å²) in [4.78, 5) is 2.00. The van der Waals surface area contributed by atoms with E-state index < -0.39 is 0 Å². The summed E-state index contributed by atoms with van der Waals surface area (Å²) in [5.41, 5.74) is 4.60. The van der Waals surface area contributed by atoms with Gasteiger partial charge in [-0.05, 0) is 59.2 Å². The fourth-order valence-corrected chi connectivity index (χ4v) is 2.66. The second kappa shape index (κ2) is 6.58. The van der Waals surface area contributed by atoms with E-state index in [-0.39, 0.29) is 0 Å². The van der Waals surface area contributed by atoms with Crippen molar-refractivity contribution in [3.8, 4) is 0 Å². The number of anilines is 1. The molecule has 4 nitrogen and oxygen atoms in total. The summed E-state index contributed by atoms with van der Waals surface area (Å²) in [5, 5.41) is 8.22.